The van der Waals surface area contributed by atoms with Crippen LogP contribution in [0.1, 0.15) is 35.8 Å². The molecule has 0 bridgehead atoms. The van der Waals surface area contributed by atoms with Crippen LogP contribution in [-0.2, 0) is 4.74 Å². The number of ether oxygens (including phenoxy) is 1. The predicted octanol–water partition coefficient (Wildman–Crippen LogP) is 2.41. The van der Waals surface area contributed by atoms with Gasteiger partial charge in [0.05, 0.1) is 23.9 Å². The van der Waals surface area contributed by atoms with Crippen LogP contribution in [-0.4, -0.2) is 22.5 Å². The molecule has 2 heterocycles. The number of anilines is 2. The third-order valence-corrected chi connectivity index (χ3v) is 3.04. The highest BCUT2D eigenvalue weighted by atomic mass is 16.5. The van der Waals surface area contributed by atoms with Gasteiger partial charge in [-0.15, -0.1) is 0 Å². The van der Waals surface area contributed by atoms with Crippen molar-refractivity contribution >= 4 is 17.5 Å². The number of rotatable bonds is 5. The van der Waals surface area contributed by atoms with Crippen molar-refractivity contribution in [3.05, 3.63) is 47.9 Å². The zero-order valence-electron chi connectivity index (χ0n) is 12.0. The van der Waals surface area contributed by atoms with Crippen LogP contribution >= 0.6 is 0 Å². The fourth-order valence-corrected chi connectivity index (χ4v) is 1.92. The molecular formula is C15H18N4O2. The number of nitrogens with two attached hydrogens (primary N) is 1. The second-order valence-electron chi connectivity index (χ2n) is 4.49. The van der Waals surface area contributed by atoms with Crippen molar-refractivity contribution in [2.24, 2.45) is 0 Å². The van der Waals surface area contributed by atoms with Crippen molar-refractivity contribution in [1.82, 2.24) is 9.97 Å². The van der Waals surface area contributed by atoms with E-state index in [4.69, 9.17) is 10.5 Å². The lowest BCUT2D eigenvalue weighted by Crippen LogP contribution is -2.14. The zero-order chi connectivity index (χ0) is 15.2. The molecule has 0 saturated heterocycles. The maximum atomic E-state index is 11.8. The van der Waals surface area contributed by atoms with Gasteiger partial charge in [-0.3, -0.25) is 4.98 Å². The normalized spacial score (nSPS) is 11.7. The van der Waals surface area contributed by atoms with E-state index in [1.807, 2.05) is 19.1 Å². The molecule has 0 aliphatic carbocycles. The second-order valence-corrected chi connectivity index (χ2v) is 4.49. The topological polar surface area (TPSA) is 90.1 Å². The van der Waals surface area contributed by atoms with Crippen LogP contribution in [0.3, 0.4) is 0 Å². The first-order valence-corrected chi connectivity index (χ1v) is 6.71. The van der Waals surface area contributed by atoms with Crippen molar-refractivity contribution in [3.63, 3.8) is 0 Å². The van der Waals surface area contributed by atoms with Crippen LogP contribution in [0.25, 0.3) is 0 Å². The average Bonchev–Trinajstić information content (AvgIpc) is 2.50. The van der Waals surface area contributed by atoms with Gasteiger partial charge in [0.25, 0.3) is 0 Å². The Balaban J connectivity index is 2.21. The molecule has 1 atom stereocenters. The summed E-state index contributed by atoms with van der Waals surface area (Å²) in [5.74, 6) is 0.0156. The van der Waals surface area contributed by atoms with Crippen LogP contribution < -0.4 is 11.1 Å². The highest BCUT2D eigenvalue weighted by Gasteiger charge is 2.16. The van der Waals surface area contributed by atoms with Crippen molar-refractivity contribution in [3.8, 4) is 0 Å². The van der Waals surface area contributed by atoms with Crippen molar-refractivity contribution < 1.29 is 9.53 Å². The summed E-state index contributed by atoms with van der Waals surface area (Å²) in [5, 5.41) is 3.19. The average molecular weight is 286 g/mol. The Hall–Kier alpha value is -2.63. The number of hydrogen-bond acceptors (Lipinski definition) is 6. The maximum Gasteiger partial charge on any atom is 0.340 e. The quantitative estimate of drug-likeness (QED) is 0.820. The van der Waals surface area contributed by atoms with E-state index in [-0.39, 0.29) is 11.7 Å². The smallest absolute Gasteiger partial charge is 0.340 e. The van der Waals surface area contributed by atoms with Gasteiger partial charge in [0.15, 0.2) is 5.82 Å². The summed E-state index contributed by atoms with van der Waals surface area (Å²) < 4.78 is 4.97. The summed E-state index contributed by atoms with van der Waals surface area (Å²) in [5.41, 5.74) is 7.66. The minimum absolute atomic E-state index is 0.0137. The van der Waals surface area contributed by atoms with Gasteiger partial charge in [0.1, 0.15) is 0 Å². The number of hydrogen-bond donors (Lipinski definition) is 2. The van der Waals surface area contributed by atoms with Crippen LogP contribution in [0.15, 0.2) is 36.8 Å². The molecule has 0 amide bonds. The van der Waals surface area contributed by atoms with Gasteiger partial charge in [-0.2, -0.15) is 0 Å². The summed E-state index contributed by atoms with van der Waals surface area (Å²) in [4.78, 5) is 20.0. The van der Waals surface area contributed by atoms with Gasteiger partial charge in [0, 0.05) is 18.6 Å². The van der Waals surface area contributed by atoms with Crippen LogP contribution in [0, 0.1) is 0 Å². The summed E-state index contributed by atoms with van der Waals surface area (Å²) in [7, 11) is 0. The van der Waals surface area contributed by atoms with E-state index in [1.165, 1.54) is 6.20 Å². The summed E-state index contributed by atoms with van der Waals surface area (Å²) in [6.45, 7) is 4.03. The molecule has 110 valence electrons. The molecule has 0 fully saturated rings. The number of nitrogen functional groups attached to an aromatic ring is 1. The molecule has 0 aliphatic heterocycles. The van der Waals surface area contributed by atoms with Gasteiger partial charge in [-0.25, -0.2) is 9.78 Å². The largest absolute Gasteiger partial charge is 0.462 e. The van der Waals surface area contributed by atoms with E-state index >= 15 is 0 Å². The van der Waals surface area contributed by atoms with Gasteiger partial charge in [-0.1, -0.05) is 0 Å². The Kier molecular flexibility index (Phi) is 4.71. The monoisotopic (exact) mass is 286 g/mol. The molecule has 2 aromatic rings. The molecule has 0 spiro atoms. The molecule has 21 heavy (non-hydrogen) atoms. The van der Waals surface area contributed by atoms with Gasteiger partial charge in [0.2, 0.25) is 0 Å². The highest BCUT2D eigenvalue weighted by molar-refractivity contribution is 5.97. The Morgan fingerprint density at radius 2 is 2.05 bits per heavy atom. The molecule has 2 rings (SSSR count). The Bertz CT molecular complexity index is 616. The minimum Gasteiger partial charge on any atom is -0.462 e. The SMILES string of the molecule is CCOC(=O)c1ccnc(NC(C)c2ccncc2)c1N. The zero-order valence-corrected chi connectivity index (χ0v) is 12.0. The first kappa shape index (κ1) is 14.8. The standard InChI is InChI=1S/C15H18N4O2/c1-3-21-15(20)12-6-9-18-14(13(12)16)19-10(2)11-4-7-17-8-5-11/h4-10H,3,16H2,1-2H3,(H,18,19). The fourth-order valence-electron chi connectivity index (χ4n) is 1.92. The summed E-state index contributed by atoms with van der Waals surface area (Å²) in [6, 6.07) is 5.35. The van der Waals surface area contributed by atoms with Crippen molar-refractivity contribution in [2.75, 3.05) is 17.7 Å². The fraction of sp³-hybridized carbons (Fsp3) is 0.267. The van der Waals surface area contributed by atoms with Crippen LogP contribution in [0.2, 0.25) is 0 Å². The third-order valence-electron chi connectivity index (χ3n) is 3.04. The van der Waals surface area contributed by atoms with E-state index in [0.717, 1.165) is 5.56 Å². The molecule has 1 unspecified atom stereocenters. The van der Waals surface area contributed by atoms with Gasteiger partial charge in [-0.05, 0) is 37.6 Å². The van der Waals surface area contributed by atoms with Crippen molar-refractivity contribution in [1.29, 1.82) is 0 Å². The lowest BCUT2D eigenvalue weighted by Gasteiger charge is -2.17. The molecule has 0 aliphatic rings. The minimum atomic E-state index is -0.447. The number of aromatic nitrogens is 2. The molecule has 6 nitrogen and oxygen atoms in total. The molecule has 6 heteroatoms. The summed E-state index contributed by atoms with van der Waals surface area (Å²) in [6.07, 6.45) is 4.98. The number of pyridine rings is 2. The molecule has 3 N–H and O–H groups in total. The van der Waals surface area contributed by atoms with E-state index in [1.54, 1.807) is 25.4 Å². The molecular weight excluding hydrogens is 268 g/mol. The second kappa shape index (κ2) is 6.69. The number of nitrogens with one attached hydrogen (secondary N) is 1. The van der Waals surface area contributed by atoms with E-state index in [0.29, 0.717) is 18.0 Å². The molecule has 0 radical (unpaired) electrons. The van der Waals surface area contributed by atoms with Crippen LogP contribution in [0.5, 0.6) is 0 Å². The Morgan fingerprint density at radius 1 is 1.33 bits per heavy atom. The first-order chi connectivity index (χ1) is 10.1. The van der Waals surface area contributed by atoms with E-state index in [9.17, 15) is 4.79 Å². The highest BCUT2D eigenvalue weighted by Crippen LogP contribution is 2.25. The van der Waals surface area contributed by atoms with Gasteiger partial charge >= 0.3 is 5.97 Å². The Labute approximate surface area is 123 Å². The third kappa shape index (κ3) is 3.47. The number of esters is 1. The van der Waals surface area contributed by atoms with Crippen molar-refractivity contribution in [2.45, 2.75) is 19.9 Å². The summed E-state index contributed by atoms with van der Waals surface area (Å²) >= 11 is 0. The Morgan fingerprint density at radius 3 is 2.71 bits per heavy atom. The lowest BCUT2D eigenvalue weighted by atomic mass is 10.1. The number of carbonyl (C=O) groups excluding carboxylic acids is 1. The maximum absolute atomic E-state index is 11.8. The van der Waals surface area contributed by atoms with Crippen LogP contribution in [0.4, 0.5) is 11.5 Å². The van der Waals surface area contributed by atoms with E-state index in [2.05, 4.69) is 15.3 Å². The van der Waals surface area contributed by atoms with Gasteiger partial charge < -0.3 is 15.8 Å². The lowest BCUT2D eigenvalue weighted by molar-refractivity contribution is 0.0527. The number of carbonyl (C=O) groups is 1. The first-order valence-electron chi connectivity index (χ1n) is 6.71. The van der Waals surface area contributed by atoms with E-state index < -0.39 is 5.97 Å². The molecule has 2 aromatic heterocycles. The number of nitrogens with zero attached hydrogens (tertiary/aromatic N) is 2. The molecule has 0 aromatic carbocycles. The predicted molar refractivity (Wildman–Crippen MR) is 80.9 cm³/mol. The molecule has 0 saturated carbocycles.